The van der Waals surface area contributed by atoms with E-state index in [-0.39, 0.29) is 11.8 Å². The molecule has 0 radical (unpaired) electrons. The van der Waals surface area contributed by atoms with Gasteiger partial charge in [0, 0.05) is 51.1 Å². The van der Waals surface area contributed by atoms with E-state index in [1.807, 2.05) is 15.6 Å². The Kier molecular flexibility index (Phi) is 4.18. The van der Waals surface area contributed by atoms with Crippen molar-refractivity contribution < 1.29 is 4.79 Å². The van der Waals surface area contributed by atoms with E-state index in [4.69, 9.17) is 0 Å². The quantitative estimate of drug-likeness (QED) is 0.870. The summed E-state index contributed by atoms with van der Waals surface area (Å²) in [6, 6.07) is 1.97. The summed E-state index contributed by atoms with van der Waals surface area (Å²) in [5, 5.41) is 4.32. The summed E-state index contributed by atoms with van der Waals surface area (Å²) < 4.78 is 1.93. The summed E-state index contributed by atoms with van der Waals surface area (Å²) in [5.41, 5.74) is 2.85. The Balaban J connectivity index is 1.96. The molecule has 1 atom stereocenters. The van der Waals surface area contributed by atoms with Gasteiger partial charge in [-0.2, -0.15) is 5.10 Å². The van der Waals surface area contributed by atoms with Crippen LogP contribution >= 0.6 is 0 Å². The lowest BCUT2D eigenvalue weighted by molar-refractivity contribution is -0.130. The van der Waals surface area contributed by atoms with Crippen LogP contribution < -0.4 is 0 Å². The fraction of sp³-hybridized carbons (Fsp3) is 0.500. The second-order valence-corrected chi connectivity index (χ2v) is 5.63. The number of amides is 1. The predicted molar refractivity (Wildman–Crippen MR) is 83.2 cm³/mol. The van der Waals surface area contributed by atoms with Gasteiger partial charge in [-0.1, -0.05) is 0 Å². The molecular formula is C16H21N5O. The Morgan fingerprint density at radius 1 is 1.32 bits per heavy atom. The van der Waals surface area contributed by atoms with Crippen LogP contribution in [0.4, 0.5) is 0 Å². The number of carbonyl (C=O) groups is 1. The van der Waals surface area contributed by atoms with Crippen LogP contribution in [0.1, 0.15) is 38.3 Å². The largest absolute Gasteiger partial charge is 0.342 e. The Morgan fingerprint density at radius 2 is 2.14 bits per heavy atom. The Bertz CT molecular complexity index is 666. The molecule has 1 saturated heterocycles. The molecule has 6 nitrogen and oxygen atoms in total. The number of aromatic nitrogens is 4. The minimum atomic E-state index is 0.133. The van der Waals surface area contributed by atoms with Gasteiger partial charge in [-0.05, 0) is 25.8 Å². The van der Waals surface area contributed by atoms with Crippen molar-refractivity contribution in [3.8, 4) is 11.4 Å². The first kappa shape index (κ1) is 14.7. The maximum atomic E-state index is 11.7. The maximum absolute atomic E-state index is 11.7. The van der Waals surface area contributed by atoms with Crippen LogP contribution in [0.25, 0.3) is 11.4 Å². The van der Waals surface area contributed by atoms with Crippen molar-refractivity contribution >= 4 is 5.91 Å². The lowest BCUT2D eigenvalue weighted by Gasteiger charge is -2.32. The van der Waals surface area contributed by atoms with Crippen LogP contribution in [0.2, 0.25) is 0 Å². The van der Waals surface area contributed by atoms with E-state index < -0.39 is 0 Å². The molecule has 1 fully saturated rings. The number of carbonyl (C=O) groups excluding carboxylic acids is 1. The molecule has 1 aliphatic heterocycles. The highest BCUT2D eigenvalue weighted by molar-refractivity contribution is 5.73. The molecule has 6 heteroatoms. The van der Waals surface area contributed by atoms with E-state index in [1.54, 1.807) is 25.5 Å². The van der Waals surface area contributed by atoms with Crippen molar-refractivity contribution in [2.45, 2.75) is 39.2 Å². The van der Waals surface area contributed by atoms with Crippen molar-refractivity contribution in [2.75, 3.05) is 13.1 Å². The van der Waals surface area contributed by atoms with E-state index in [0.29, 0.717) is 0 Å². The molecular weight excluding hydrogens is 278 g/mol. The minimum absolute atomic E-state index is 0.133. The van der Waals surface area contributed by atoms with E-state index in [0.717, 1.165) is 49.6 Å². The third kappa shape index (κ3) is 2.73. The molecule has 0 saturated carbocycles. The van der Waals surface area contributed by atoms with Crippen molar-refractivity contribution in [3.63, 3.8) is 0 Å². The number of rotatable bonds is 3. The van der Waals surface area contributed by atoms with Gasteiger partial charge in [0.1, 0.15) is 5.69 Å². The highest BCUT2D eigenvalue weighted by atomic mass is 16.2. The molecule has 1 amide bonds. The highest BCUT2D eigenvalue weighted by Crippen LogP contribution is 2.31. The zero-order valence-electron chi connectivity index (χ0n) is 13.1. The zero-order chi connectivity index (χ0) is 15.5. The third-order valence-corrected chi connectivity index (χ3v) is 4.24. The number of hydrogen-bond donors (Lipinski definition) is 0. The van der Waals surface area contributed by atoms with Crippen LogP contribution in [0, 0.1) is 0 Å². The number of likely N-dealkylation sites (tertiary alicyclic amines) is 1. The zero-order valence-corrected chi connectivity index (χ0v) is 13.1. The highest BCUT2D eigenvalue weighted by Gasteiger charge is 2.27. The minimum Gasteiger partial charge on any atom is -0.342 e. The number of hydrogen-bond acceptors (Lipinski definition) is 4. The van der Waals surface area contributed by atoms with Gasteiger partial charge in [0.25, 0.3) is 0 Å². The maximum Gasteiger partial charge on any atom is 0.219 e. The van der Waals surface area contributed by atoms with Crippen molar-refractivity contribution in [3.05, 3.63) is 30.4 Å². The predicted octanol–water partition coefficient (Wildman–Crippen LogP) is 2.09. The van der Waals surface area contributed by atoms with Crippen LogP contribution in [-0.4, -0.2) is 43.6 Å². The van der Waals surface area contributed by atoms with E-state index in [9.17, 15) is 4.79 Å². The monoisotopic (exact) mass is 299 g/mol. The fourth-order valence-corrected chi connectivity index (χ4v) is 3.12. The molecule has 2 aromatic rings. The Morgan fingerprint density at radius 3 is 2.91 bits per heavy atom. The summed E-state index contributed by atoms with van der Waals surface area (Å²) in [6.45, 7) is 6.05. The average molecular weight is 299 g/mol. The first-order chi connectivity index (χ1) is 10.7. The summed E-state index contributed by atoms with van der Waals surface area (Å²) in [4.78, 5) is 22.7. The summed E-state index contributed by atoms with van der Waals surface area (Å²) in [6.07, 6.45) is 7.29. The molecule has 3 rings (SSSR count). The first-order valence-corrected chi connectivity index (χ1v) is 7.79. The smallest absolute Gasteiger partial charge is 0.219 e. The lowest BCUT2D eigenvalue weighted by atomic mass is 9.92. The van der Waals surface area contributed by atoms with Crippen LogP contribution in [0.5, 0.6) is 0 Å². The summed E-state index contributed by atoms with van der Waals surface area (Å²) in [5.74, 6) is 0.371. The van der Waals surface area contributed by atoms with Gasteiger partial charge in [0.05, 0.1) is 11.4 Å². The fourth-order valence-electron chi connectivity index (χ4n) is 3.12. The van der Waals surface area contributed by atoms with Crippen molar-refractivity contribution in [1.29, 1.82) is 0 Å². The Labute approximate surface area is 130 Å². The summed E-state index contributed by atoms with van der Waals surface area (Å²) in [7, 11) is 0. The van der Waals surface area contributed by atoms with Crippen molar-refractivity contribution in [1.82, 2.24) is 24.6 Å². The van der Waals surface area contributed by atoms with Crippen LogP contribution in [0.15, 0.2) is 24.7 Å². The molecule has 0 aliphatic carbocycles. The standard InChI is InChI=1S/C16H21N5O/c1-3-21-14(6-7-19-21)16-15(17-8-9-18-16)13-5-4-10-20(11-13)12(2)22/h6-9,13H,3-5,10-11H2,1-2H3/t13-/m0/s1. The Hall–Kier alpha value is -2.24. The van der Waals surface area contributed by atoms with Gasteiger partial charge in [0.2, 0.25) is 5.91 Å². The van der Waals surface area contributed by atoms with Gasteiger partial charge in [-0.15, -0.1) is 0 Å². The molecule has 3 heterocycles. The van der Waals surface area contributed by atoms with E-state index >= 15 is 0 Å². The topological polar surface area (TPSA) is 63.9 Å². The molecule has 0 unspecified atom stereocenters. The second-order valence-electron chi connectivity index (χ2n) is 5.63. The lowest BCUT2D eigenvalue weighted by Crippen LogP contribution is -2.38. The van der Waals surface area contributed by atoms with Crippen molar-refractivity contribution in [2.24, 2.45) is 0 Å². The molecule has 1 aliphatic rings. The number of aryl methyl sites for hydroxylation is 1. The summed E-state index contributed by atoms with van der Waals surface area (Å²) >= 11 is 0. The molecule has 0 spiro atoms. The molecule has 0 N–H and O–H groups in total. The number of nitrogens with zero attached hydrogens (tertiary/aromatic N) is 5. The molecule has 2 aromatic heterocycles. The number of piperidine rings is 1. The van der Waals surface area contributed by atoms with Crippen LogP contribution in [-0.2, 0) is 11.3 Å². The normalized spacial score (nSPS) is 18.5. The van der Waals surface area contributed by atoms with Gasteiger partial charge in [0.15, 0.2) is 0 Å². The SMILES string of the molecule is CCn1nccc1-c1nccnc1[C@H]1CCCN(C(C)=O)C1. The van der Waals surface area contributed by atoms with E-state index in [1.165, 1.54) is 0 Å². The first-order valence-electron chi connectivity index (χ1n) is 7.79. The van der Waals surface area contributed by atoms with Gasteiger partial charge < -0.3 is 4.90 Å². The molecule has 0 aromatic carbocycles. The molecule has 0 bridgehead atoms. The molecule has 22 heavy (non-hydrogen) atoms. The van der Waals surface area contributed by atoms with Crippen LogP contribution in [0.3, 0.4) is 0 Å². The van der Waals surface area contributed by atoms with Gasteiger partial charge in [-0.25, -0.2) is 0 Å². The van der Waals surface area contributed by atoms with Gasteiger partial charge >= 0.3 is 0 Å². The molecule has 116 valence electrons. The third-order valence-electron chi connectivity index (χ3n) is 4.24. The second kappa shape index (κ2) is 6.25. The van der Waals surface area contributed by atoms with E-state index in [2.05, 4.69) is 22.0 Å². The van der Waals surface area contributed by atoms with Gasteiger partial charge in [-0.3, -0.25) is 19.4 Å². The average Bonchev–Trinajstić information content (AvgIpc) is 3.03.